The van der Waals surface area contributed by atoms with Gasteiger partial charge in [0.25, 0.3) is 0 Å². The van der Waals surface area contributed by atoms with Crippen LogP contribution in [-0.2, 0) is 11.2 Å². The summed E-state index contributed by atoms with van der Waals surface area (Å²) < 4.78 is 0. The maximum atomic E-state index is 12.7. The van der Waals surface area contributed by atoms with Gasteiger partial charge in [-0.2, -0.15) is 0 Å². The van der Waals surface area contributed by atoms with E-state index in [1.807, 2.05) is 17.0 Å². The summed E-state index contributed by atoms with van der Waals surface area (Å²) in [6, 6.07) is 8.08. The second kappa shape index (κ2) is 4.59. The lowest BCUT2D eigenvalue weighted by atomic mass is 9.92. The number of rotatable bonds is 3. The van der Waals surface area contributed by atoms with E-state index in [1.165, 1.54) is 18.4 Å². The largest absolute Gasteiger partial charge is 0.394 e. The van der Waals surface area contributed by atoms with Gasteiger partial charge in [-0.05, 0) is 48.6 Å². The Kier molecular flexibility index (Phi) is 2.84. The van der Waals surface area contributed by atoms with E-state index in [2.05, 4.69) is 12.1 Å². The first-order chi connectivity index (χ1) is 9.79. The molecule has 0 saturated heterocycles. The van der Waals surface area contributed by atoms with Gasteiger partial charge in [0.05, 0.1) is 12.6 Å². The molecule has 2 fully saturated rings. The highest BCUT2D eigenvalue weighted by Gasteiger charge is 2.53. The average molecular weight is 271 g/mol. The van der Waals surface area contributed by atoms with Gasteiger partial charge in [0.15, 0.2) is 0 Å². The summed E-state index contributed by atoms with van der Waals surface area (Å²) in [5.41, 5.74) is 2.42. The number of amides is 1. The fourth-order valence-electron chi connectivity index (χ4n) is 3.87. The Balaban J connectivity index is 1.55. The Labute approximate surface area is 119 Å². The van der Waals surface area contributed by atoms with Gasteiger partial charge in [-0.1, -0.05) is 24.3 Å². The van der Waals surface area contributed by atoms with Crippen molar-refractivity contribution in [1.29, 1.82) is 0 Å². The molecular weight excluding hydrogens is 250 g/mol. The summed E-state index contributed by atoms with van der Waals surface area (Å²) in [5, 5.41) is 9.75. The monoisotopic (exact) mass is 271 g/mol. The van der Waals surface area contributed by atoms with Crippen molar-refractivity contribution < 1.29 is 9.90 Å². The molecule has 3 heteroatoms. The van der Waals surface area contributed by atoms with Crippen molar-refractivity contribution in [2.45, 2.75) is 31.7 Å². The average Bonchev–Trinajstić information content (AvgIpc) is 3.37. The fourth-order valence-corrected chi connectivity index (χ4v) is 3.87. The van der Waals surface area contributed by atoms with Gasteiger partial charge in [-0.3, -0.25) is 4.79 Å². The highest BCUT2D eigenvalue weighted by molar-refractivity contribution is 5.82. The second-order valence-electron chi connectivity index (χ2n) is 6.52. The number of benzene rings is 1. The van der Waals surface area contributed by atoms with Crippen LogP contribution in [0.25, 0.3) is 0 Å². The lowest BCUT2D eigenvalue weighted by molar-refractivity contribution is -0.137. The quantitative estimate of drug-likeness (QED) is 0.915. The summed E-state index contributed by atoms with van der Waals surface area (Å²) in [6.45, 7) is 0.790. The molecule has 1 aromatic rings. The molecule has 3 atom stereocenters. The molecule has 20 heavy (non-hydrogen) atoms. The zero-order valence-electron chi connectivity index (χ0n) is 11.7. The van der Waals surface area contributed by atoms with E-state index < -0.39 is 0 Å². The molecule has 0 radical (unpaired) electrons. The van der Waals surface area contributed by atoms with Crippen molar-refractivity contribution >= 4 is 5.91 Å². The molecule has 3 aliphatic rings. The number of hydrogen-bond donors (Lipinski definition) is 1. The molecule has 106 valence electrons. The van der Waals surface area contributed by atoms with Crippen LogP contribution in [0.4, 0.5) is 0 Å². The molecule has 1 amide bonds. The van der Waals surface area contributed by atoms with E-state index in [0.717, 1.165) is 30.9 Å². The highest BCUT2D eigenvalue weighted by atomic mass is 16.3. The molecule has 1 N–H and O–H groups in total. The zero-order valence-corrected chi connectivity index (χ0v) is 11.7. The number of nitrogens with zero attached hydrogens (tertiary/aromatic N) is 1. The fraction of sp³-hybridized carbons (Fsp3) is 0.588. The molecule has 0 aromatic heterocycles. The summed E-state index contributed by atoms with van der Waals surface area (Å²) >= 11 is 0. The molecule has 0 spiro atoms. The van der Waals surface area contributed by atoms with E-state index in [1.54, 1.807) is 0 Å². The highest BCUT2D eigenvalue weighted by Crippen LogP contribution is 2.55. The van der Waals surface area contributed by atoms with Gasteiger partial charge < -0.3 is 10.0 Å². The third kappa shape index (κ3) is 1.96. The van der Waals surface area contributed by atoms with Crippen LogP contribution in [0.3, 0.4) is 0 Å². The number of aliphatic hydroxyl groups excluding tert-OH is 1. The number of carbonyl (C=O) groups is 1. The van der Waals surface area contributed by atoms with Crippen molar-refractivity contribution in [2.75, 3.05) is 13.2 Å². The first-order valence-corrected chi connectivity index (χ1v) is 7.78. The Morgan fingerprint density at radius 3 is 2.85 bits per heavy atom. The smallest absolute Gasteiger partial charge is 0.226 e. The predicted molar refractivity (Wildman–Crippen MR) is 76.0 cm³/mol. The van der Waals surface area contributed by atoms with Crippen molar-refractivity contribution in [3.05, 3.63) is 35.4 Å². The van der Waals surface area contributed by atoms with Gasteiger partial charge in [0.2, 0.25) is 5.91 Å². The van der Waals surface area contributed by atoms with E-state index in [0.29, 0.717) is 5.92 Å². The van der Waals surface area contributed by atoms with Crippen molar-refractivity contribution in [1.82, 2.24) is 4.90 Å². The van der Waals surface area contributed by atoms with Crippen LogP contribution in [0.15, 0.2) is 24.3 Å². The van der Waals surface area contributed by atoms with Gasteiger partial charge in [-0.15, -0.1) is 0 Å². The molecule has 0 unspecified atom stereocenters. The van der Waals surface area contributed by atoms with Gasteiger partial charge in [0, 0.05) is 12.5 Å². The Morgan fingerprint density at radius 1 is 1.30 bits per heavy atom. The normalized spacial score (nSPS) is 31.9. The van der Waals surface area contributed by atoms with Crippen LogP contribution in [0.5, 0.6) is 0 Å². The van der Waals surface area contributed by atoms with E-state index in [-0.39, 0.29) is 24.5 Å². The minimum Gasteiger partial charge on any atom is -0.394 e. The second-order valence-corrected chi connectivity index (χ2v) is 6.52. The maximum absolute atomic E-state index is 12.7. The first-order valence-electron chi connectivity index (χ1n) is 7.78. The van der Waals surface area contributed by atoms with Gasteiger partial charge >= 0.3 is 0 Å². The lowest BCUT2D eigenvalue weighted by Crippen LogP contribution is -2.42. The summed E-state index contributed by atoms with van der Waals surface area (Å²) in [4.78, 5) is 14.6. The minimum atomic E-state index is -0.132. The van der Waals surface area contributed by atoms with Crippen LogP contribution < -0.4 is 0 Å². The number of hydrogen-bond acceptors (Lipinski definition) is 2. The number of fused-ring (bicyclic) bond motifs is 1. The summed E-state index contributed by atoms with van der Waals surface area (Å²) in [5.74, 6) is 2.02. The topological polar surface area (TPSA) is 40.5 Å². The summed E-state index contributed by atoms with van der Waals surface area (Å²) in [7, 11) is 0. The van der Waals surface area contributed by atoms with Crippen molar-refractivity contribution in [3.63, 3.8) is 0 Å². The molecule has 1 aromatic carbocycles. The third-order valence-electron chi connectivity index (χ3n) is 5.25. The van der Waals surface area contributed by atoms with Crippen LogP contribution in [0.2, 0.25) is 0 Å². The summed E-state index contributed by atoms with van der Waals surface area (Å²) in [6.07, 6.45) is 4.64. The molecule has 4 rings (SSSR count). The van der Waals surface area contributed by atoms with E-state index in [9.17, 15) is 9.90 Å². The number of carbonyl (C=O) groups excluding carboxylic acids is 1. The van der Waals surface area contributed by atoms with Crippen LogP contribution in [0.1, 0.15) is 36.4 Å². The van der Waals surface area contributed by atoms with E-state index in [4.69, 9.17) is 0 Å². The predicted octanol–water partition coefficient (Wildman–Crippen LogP) is 2.15. The van der Waals surface area contributed by atoms with Gasteiger partial charge in [0.1, 0.15) is 0 Å². The van der Waals surface area contributed by atoms with Crippen molar-refractivity contribution in [2.24, 2.45) is 17.8 Å². The molecule has 1 aliphatic heterocycles. The Morgan fingerprint density at radius 2 is 2.10 bits per heavy atom. The lowest BCUT2D eigenvalue weighted by Gasteiger charge is -2.36. The standard InChI is InChI=1S/C17H21NO2/c19-10-16-13-4-2-1-3-11(13)7-8-18(16)17(20)15-9-14(15)12-5-6-12/h1-4,12,14-16,19H,5-10H2/t14-,15+,16+/m0/s1. The minimum absolute atomic E-state index is 0.0313. The SMILES string of the molecule is O=C([C@@H]1C[C@H]1C1CC1)N1CCc2ccccc2[C@H]1CO. The Hall–Kier alpha value is -1.35. The third-order valence-corrected chi connectivity index (χ3v) is 5.25. The molecule has 2 aliphatic carbocycles. The first kappa shape index (κ1) is 12.4. The molecule has 1 heterocycles. The van der Waals surface area contributed by atoms with Crippen LogP contribution >= 0.6 is 0 Å². The Bertz CT molecular complexity index is 538. The van der Waals surface area contributed by atoms with Gasteiger partial charge in [-0.25, -0.2) is 0 Å². The molecular formula is C17H21NO2. The van der Waals surface area contributed by atoms with E-state index >= 15 is 0 Å². The van der Waals surface area contributed by atoms with Crippen LogP contribution in [0, 0.1) is 17.8 Å². The number of aliphatic hydroxyl groups is 1. The zero-order chi connectivity index (χ0) is 13.7. The molecule has 0 bridgehead atoms. The van der Waals surface area contributed by atoms with Crippen LogP contribution in [-0.4, -0.2) is 29.1 Å². The molecule has 3 nitrogen and oxygen atoms in total. The molecule has 2 saturated carbocycles. The maximum Gasteiger partial charge on any atom is 0.226 e. The van der Waals surface area contributed by atoms with Crippen molar-refractivity contribution in [3.8, 4) is 0 Å².